The van der Waals surface area contributed by atoms with Crippen LogP contribution in [0.4, 0.5) is 5.69 Å². The number of benzene rings is 2. The molecule has 5 nitrogen and oxygen atoms in total. The molecule has 0 unspecified atom stereocenters. The van der Waals surface area contributed by atoms with Gasteiger partial charge in [0.1, 0.15) is 0 Å². The molecule has 0 radical (unpaired) electrons. The summed E-state index contributed by atoms with van der Waals surface area (Å²) in [6.07, 6.45) is 0. The Hall–Kier alpha value is -2.02. The van der Waals surface area contributed by atoms with Crippen molar-refractivity contribution in [1.82, 2.24) is 4.90 Å². The molecule has 0 bridgehead atoms. The number of thioether (sulfide) groups is 1. The fourth-order valence-electron chi connectivity index (χ4n) is 2.39. The Labute approximate surface area is 158 Å². The van der Waals surface area contributed by atoms with Crippen LogP contribution >= 0.6 is 35.0 Å². The molecule has 1 heterocycles. The van der Waals surface area contributed by atoms with Crippen molar-refractivity contribution in [3.05, 3.63) is 57.6 Å². The highest BCUT2D eigenvalue weighted by Crippen LogP contribution is 2.34. The Bertz CT molecular complexity index is 881. The van der Waals surface area contributed by atoms with Crippen LogP contribution in [0.2, 0.25) is 10.0 Å². The van der Waals surface area contributed by atoms with Gasteiger partial charge in [-0.2, -0.15) is 0 Å². The van der Waals surface area contributed by atoms with E-state index >= 15 is 0 Å². The molecule has 0 spiro atoms. The van der Waals surface area contributed by atoms with Crippen molar-refractivity contribution in [3.63, 3.8) is 0 Å². The summed E-state index contributed by atoms with van der Waals surface area (Å²) in [5.41, 5.74) is 1.07. The number of rotatable bonds is 4. The van der Waals surface area contributed by atoms with Crippen LogP contribution in [0.5, 0.6) is 0 Å². The number of anilines is 1. The lowest BCUT2D eigenvalue weighted by molar-refractivity contribution is -0.113. The highest BCUT2D eigenvalue weighted by atomic mass is 35.5. The maximum absolute atomic E-state index is 12.1. The van der Waals surface area contributed by atoms with Crippen molar-refractivity contribution < 1.29 is 14.4 Å². The van der Waals surface area contributed by atoms with Gasteiger partial charge in [-0.15, -0.1) is 11.8 Å². The maximum atomic E-state index is 12.1. The molecule has 0 aliphatic carbocycles. The van der Waals surface area contributed by atoms with Crippen LogP contribution in [-0.2, 0) is 4.79 Å². The van der Waals surface area contributed by atoms with E-state index < -0.39 is 0 Å². The van der Waals surface area contributed by atoms with Gasteiger partial charge in [-0.1, -0.05) is 29.3 Å². The van der Waals surface area contributed by atoms with Gasteiger partial charge in [0, 0.05) is 17.6 Å². The molecule has 0 atom stereocenters. The van der Waals surface area contributed by atoms with E-state index in [1.807, 2.05) is 0 Å². The Kier molecular flexibility index (Phi) is 5.03. The number of nitrogens with zero attached hydrogens (tertiary/aromatic N) is 1. The van der Waals surface area contributed by atoms with Crippen molar-refractivity contribution in [2.75, 3.05) is 18.1 Å². The summed E-state index contributed by atoms with van der Waals surface area (Å²) in [7, 11) is 1.42. The largest absolute Gasteiger partial charge is 0.325 e. The number of hydrogen-bond donors (Lipinski definition) is 1. The van der Waals surface area contributed by atoms with Crippen LogP contribution in [-0.4, -0.2) is 35.4 Å². The molecule has 8 heteroatoms. The number of imide groups is 1. The van der Waals surface area contributed by atoms with Gasteiger partial charge in [0.2, 0.25) is 5.91 Å². The van der Waals surface area contributed by atoms with Crippen LogP contribution < -0.4 is 5.32 Å². The smallest absolute Gasteiger partial charge is 0.261 e. The van der Waals surface area contributed by atoms with E-state index in [2.05, 4.69) is 5.32 Å². The third-order valence-corrected chi connectivity index (χ3v) is 5.63. The number of fused-ring (bicyclic) bond motifs is 1. The van der Waals surface area contributed by atoms with Crippen molar-refractivity contribution in [2.24, 2.45) is 0 Å². The Morgan fingerprint density at radius 1 is 1.08 bits per heavy atom. The summed E-state index contributed by atoms with van der Waals surface area (Å²) in [6.45, 7) is 0. The predicted molar refractivity (Wildman–Crippen MR) is 98.7 cm³/mol. The predicted octanol–water partition coefficient (Wildman–Crippen LogP) is 3.95. The monoisotopic (exact) mass is 394 g/mol. The third-order valence-electron chi connectivity index (χ3n) is 3.64. The minimum absolute atomic E-state index is 0.104. The molecule has 3 amide bonds. The molecule has 1 aliphatic heterocycles. The first-order valence-electron chi connectivity index (χ1n) is 7.21. The second kappa shape index (κ2) is 7.07. The Morgan fingerprint density at radius 2 is 1.72 bits per heavy atom. The zero-order valence-corrected chi connectivity index (χ0v) is 15.3. The molecule has 0 fully saturated rings. The molecule has 128 valence electrons. The molecule has 1 aliphatic rings. The summed E-state index contributed by atoms with van der Waals surface area (Å²) in [4.78, 5) is 37.7. The Morgan fingerprint density at radius 3 is 2.40 bits per heavy atom. The lowest BCUT2D eigenvalue weighted by Crippen LogP contribution is -2.24. The summed E-state index contributed by atoms with van der Waals surface area (Å²) in [5.74, 6) is -0.894. The SMILES string of the molecule is CN1C(=O)c2ccc(NC(=O)CSc3c(Cl)cccc3Cl)cc2C1=O. The van der Waals surface area contributed by atoms with Crippen LogP contribution in [0.1, 0.15) is 20.7 Å². The topological polar surface area (TPSA) is 66.5 Å². The molecule has 25 heavy (non-hydrogen) atoms. The third kappa shape index (κ3) is 3.51. The van der Waals surface area contributed by atoms with Gasteiger partial charge in [-0.25, -0.2) is 0 Å². The van der Waals surface area contributed by atoms with E-state index in [1.165, 1.54) is 30.9 Å². The number of carbonyl (C=O) groups excluding carboxylic acids is 3. The average Bonchev–Trinajstić information content (AvgIpc) is 2.79. The number of halogens is 2. The van der Waals surface area contributed by atoms with Gasteiger partial charge >= 0.3 is 0 Å². The van der Waals surface area contributed by atoms with Crippen molar-refractivity contribution >= 4 is 58.4 Å². The molecule has 3 rings (SSSR count). The lowest BCUT2D eigenvalue weighted by Gasteiger charge is -2.08. The number of nitrogens with one attached hydrogen (secondary N) is 1. The first-order valence-corrected chi connectivity index (χ1v) is 8.95. The van der Waals surface area contributed by atoms with Crippen molar-refractivity contribution in [1.29, 1.82) is 0 Å². The fourth-order valence-corrected chi connectivity index (χ4v) is 3.88. The minimum atomic E-state index is -0.381. The van der Waals surface area contributed by atoms with Gasteiger partial charge in [-0.3, -0.25) is 19.3 Å². The van der Waals surface area contributed by atoms with Gasteiger partial charge in [0.25, 0.3) is 11.8 Å². The molecular formula is C17H12Cl2N2O3S. The van der Waals surface area contributed by atoms with E-state index in [1.54, 1.807) is 24.3 Å². The highest BCUT2D eigenvalue weighted by molar-refractivity contribution is 8.00. The van der Waals surface area contributed by atoms with Crippen molar-refractivity contribution in [2.45, 2.75) is 4.90 Å². The van der Waals surface area contributed by atoms with E-state index in [-0.39, 0.29) is 29.0 Å². The van der Waals surface area contributed by atoms with Gasteiger partial charge in [0.05, 0.1) is 26.9 Å². The quantitative estimate of drug-likeness (QED) is 0.629. The number of carbonyl (C=O) groups is 3. The zero-order valence-electron chi connectivity index (χ0n) is 13.0. The molecule has 2 aromatic carbocycles. The van der Waals surface area contributed by atoms with Gasteiger partial charge in [-0.05, 0) is 30.3 Å². The molecule has 2 aromatic rings. The van der Waals surface area contributed by atoms with Gasteiger partial charge < -0.3 is 5.32 Å². The van der Waals surface area contributed by atoms with E-state index in [4.69, 9.17) is 23.2 Å². The first-order chi connectivity index (χ1) is 11.9. The molecule has 1 N–H and O–H groups in total. The van der Waals surface area contributed by atoms with Gasteiger partial charge in [0.15, 0.2) is 0 Å². The van der Waals surface area contributed by atoms with E-state index in [0.717, 1.165) is 4.90 Å². The highest BCUT2D eigenvalue weighted by Gasteiger charge is 2.32. The molecule has 0 saturated heterocycles. The van der Waals surface area contributed by atoms with Crippen LogP contribution in [0, 0.1) is 0 Å². The molecule has 0 saturated carbocycles. The zero-order chi connectivity index (χ0) is 18.1. The minimum Gasteiger partial charge on any atom is -0.325 e. The average molecular weight is 395 g/mol. The molecular weight excluding hydrogens is 383 g/mol. The lowest BCUT2D eigenvalue weighted by atomic mass is 10.1. The second-order valence-corrected chi connectivity index (χ2v) is 7.12. The van der Waals surface area contributed by atoms with Crippen LogP contribution in [0.15, 0.2) is 41.3 Å². The maximum Gasteiger partial charge on any atom is 0.261 e. The standard InChI is InChI=1S/C17H12Cl2N2O3S/c1-21-16(23)10-6-5-9(7-11(10)17(21)24)20-14(22)8-25-15-12(18)3-2-4-13(15)19/h2-7H,8H2,1H3,(H,20,22). The Balaban J connectivity index is 1.68. The normalized spacial score (nSPS) is 13.2. The molecule has 0 aromatic heterocycles. The number of hydrogen-bond acceptors (Lipinski definition) is 4. The van der Waals surface area contributed by atoms with Crippen LogP contribution in [0.3, 0.4) is 0 Å². The fraction of sp³-hybridized carbons (Fsp3) is 0.118. The second-order valence-electron chi connectivity index (χ2n) is 5.32. The number of amides is 3. The van der Waals surface area contributed by atoms with E-state index in [9.17, 15) is 14.4 Å². The first kappa shape index (κ1) is 17.8. The summed E-state index contributed by atoms with van der Waals surface area (Å²) in [5, 5.41) is 3.67. The van der Waals surface area contributed by atoms with Crippen molar-refractivity contribution in [3.8, 4) is 0 Å². The summed E-state index contributed by atoms with van der Waals surface area (Å²) >= 11 is 13.4. The van der Waals surface area contributed by atoms with E-state index in [0.29, 0.717) is 26.2 Å². The summed E-state index contributed by atoms with van der Waals surface area (Å²) < 4.78 is 0. The van der Waals surface area contributed by atoms with Crippen LogP contribution in [0.25, 0.3) is 0 Å². The summed E-state index contributed by atoms with van der Waals surface area (Å²) in [6, 6.07) is 9.76.